The lowest BCUT2D eigenvalue weighted by molar-refractivity contribution is 0.471. The SMILES string of the molecule is CC(C)c1c(S(N)(=O)=O)oc2ccccc12. The predicted octanol–water partition coefficient (Wildman–Crippen LogP) is 2.20. The van der Waals surface area contributed by atoms with Crippen molar-refractivity contribution in [3.05, 3.63) is 29.8 Å². The van der Waals surface area contributed by atoms with Gasteiger partial charge in [-0.1, -0.05) is 32.0 Å². The first-order chi connectivity index (χ1) is 7.41. The minimum Gasteiger partial charge on any atom is -0.443 e. The lowest BCUT2D eigenvalue weighted by Gasteiger charge is -2.04. The molecule has 16 heavy (non-hydrogen) atoms. The summed E-state index contributed by atoms with van der Waals surface area (Å²) in [7, 11) is -3.81. The van der Waals surface area contributed by atoms with Crippen LogP contribution in [0.2, 0.25) is 0 Å². The second-order valence-corrected chi connectivity index (χ2v) is 5.46. The highest BCUT2D eigenvalue weighted by molar-refractivity contribution is 7.89. The number of benzene rings is 1. The molecule has 5 heteroatoms. The van der Waals surface area contributed by atoms with Crippen molar-refractivity contribution in [1.82, 2.24) is 0 Å². The molecule has 0 aliphatic heterocycles. The topological polar surface area (TPSA) is 73.3 Å². The van der Waals surface area contributed by atoms with Crippen LogP contribution in [0.4, 0.5) is 0 Å². The smallest absolute Gasteiger partial charge is 0.271 e. The third-order valence-corrected chi connectivity index (χ3v) is 3.26. The molecule has 0 spiro atoms. The van der Waals surface area contributed by atoms with E-state index in [2.05, 4.69) is 0 Å². The van der Waals surface area contributed by atoms with Crippen LogP contribution in [0.15, 0.2) is 33.8 Å². The van der Waals surface area contributed by atoms with Gasteiger partial charge in [-0.3, -0.25) is 0 Å². The summed E-state index contributed by atoms with van der Waals surface area (Å²) in [6.07, 6.45) is 0. The van der Waals surface area contributed by atoms with E-state index in [0.717, 1.165) is 5.39 Å². The number of rotatable bonds is 2. The highest BCUT2D eigenvalue weighted by Gasteiger charge is 2.24. The molecule has 0 unspecified atom stereocenters. The quantitative estimate of drug-likeness (QED) is 0.873. The van der Waals surface area contributed by atoms with Crippen molar-refractivity contribution in [3.63, 3.8) is 0 Å². The van der Waals surface area contributed by atoms with Gasteiger partial charge < -0.3 is 4.42 Å². The molecule has 2 aromatic rings. The van der Waals surface area contributed by atoms with Gasteiger partial charge in [0.05, 0.1) is 0 Å². The van der Waals surface area contributed by atoms with E-state index in [0.29, 0.717) is 11.1 Å². The summed E-state index contributed by atoms with van der Waals surface area (Å²) in [6.45, 7) is 3.82. The first kappa shape index (κ1) is 11.2. The molecular formula is C11H13NO3S. The number of nitrogens with two attached hydrogens (primary N) is 1. The van der Waals surface area contributed by atoms with Crippen LogP contribution in [0.1, 0.15) is 25.3 Å². The van der Waals surface area contributed by atoms with Gasteiger partial charge in [-0.2, -0.15) is 0 Å². The molecule has 0 aliphatic carbocycles. The Morgan fingerprint density at radius 1 is 1.25 bits per heavy atom. The van der Waals surface area contributed by atoms with E-state index in [1.165, 1.54) is 0 Å². The van der Waals surface area contributed by atoms with Crippen LogP contribution < -0.4 is 5.14 Å². The molecule has 0 amide bonds. The van der Waals surface area contributed by atoms with Crippen molar-refractivity contribution in [3.8, 4) is 0 Å². The molecular weight excluding hydrogens is 226 g/mol. The second-order valence-electron chi connectivity index (χ2n) is 4.00. The largest absolute Gasteiger partial charge is 0.443 e. The highest BCUT2D eigenvalue weighted by atomic mass is 32.2. The van der Waals surface area contributed by atoms with Crippen LogP contribution in [-0.4, -0.2) is 8.42 Å². The average Bonchev–Trinajstić information content (AvgIpc) is 2.55. The number of hydrogen-bond acceptors (Lipinski definition) is 3. The van der Waals surface area contributed by atoms with Gasteiger partial charge in [0.25, 0.3) is 10.0 Å². The van der Waals surface area contributed by atoms with E-state index in [4.69, 9.17) is 9.56 Å². The molecule has 2 N–H and O–H groups in total. The molecule has 86 valence electrons. The summed E-state index contributed by atoms with van der Waals surface area (Å²) in [5.41, 5.74) is 1.20. The fourth-order valence-corrected chi connectivity index (χ4v) is 2.66. The Morgan fingerprint density at radius 3 is 2.44 bits per heavy atom. The summed E-state index contributed by atoms with van der Waals surface area (Å²) in [6, 6.07) is 7.21. The molecule has 1 aromatic carbocycles. The van der Waals surface area contributed by atoms with Gasteiger partial charge in [0.2, 0.25) is 5.09 Å². The van der Waals surface area contributed by atoms with Gasteiger partial charge in [-0.25, -0.2) is 13.6 Å². The van der Waals surface area contributed by atoms with Crippen LogP contribution in [0, 0.1) is 0 Å². The molecule has 2 rings (SSSR count). The van der Waals surface area contributed by atoms with E-state index in [1.54, 1.807) is 12.1 Å². The van der Waals surface area contributed by atoms with Gasteiger partial charge in [0.1, 0.15) is 5.58 Å². The molecule has 0 saturated carbocycles. The number of para-hydroxylation sites is 1. The Bertz CT molecular complexity index is 626. The molecule has 4 nitrogen and oxygen atoms in total. The summed E-state index contributed by atoms with van der Waals surface area (Å²) in [5.74, 6) is 0.0389. The molecule has 0 aliphatic rings. The van der Waals surface area contributed by atoms with Gasteiger partial charge >= 0.3 is 0 Å². The molecule has 0 fully saturated rings. The number of sulfonamides is 1. The number of furan rings is 1. The Morgan fingerprint density at radius 2 is 1.88 bits per heavy atom. The second kappa shape index (κ2) is 3.61. The van der Waals surface area contributed by atoms with Crippen molar-refractivity contribution >= 4 is 21.0 Å². The average molecular weight is 239 g/mol. The molecule has 1 aromatic heterocycles. The van der Waals surface area contributed by atoms with Crippen LogP contribution in [0.25, 0.3) is 11.0 Å². The van der Waals surface area contributed by atoms with E-state index >= 15 is 0 Å². The molecule has 0 saturated heterocycles. The van der Waals surface area contributed by atoms with Crippen LogP contribution in [0.3, 0.4) is 0 Å². The lowest BCUT2D eigenvalue weighted by atomic mass is 10.0. The lowest BCUT2D eigenvalue weighted by Crippen LogP contribution is -2.13. The Balaban J connectivity index is 2.89. The summed E-state index contributed by atoms with van der Waals surface area (Å²) in [4.78, 5) is 0. The monoisotopic (exact) mass is 239 g/mol. The maximum absolute atomic E-state index is 11.4. The Kier molecular flexibility index (Phi) is 2.52. The maximum atomic E-state index is 11.4. The van der Waals surface area contributed by atoms with Crippen molar-refractivity contribution in [2.75, 3.05) is 0 Å². The van der Waals surface area contributed by atoms with Crippen molar-refractivity contribution < 1.29 is 12.8 Å². The van der Waals surface area contributed by atoms with Crippen molar-refractivity contribution in [2.45, 2.75) is 24.9 Å². The maximum Gasteiger partial charge on any atom is 0.271 e. The normalized spacial score (nSPS) is 12.5. The first-order valence-corrected chi connectivity index (χ1v) is 6.50. The third-order valence-electron chi connectivity index (χ3n) is 2.44. The number of fused-ring (bicyclic) bond motifs is 1. The summed E-state index contributed by atoms with van der Waals surface area (Å²) >= 11 is 0. The minimum atomic E-state index is -3.81. The van der Waals surface area contributed by atoms with E-state index < -0.39 is 10.0 Å². The van der Waals surface area contributed by atoms with Crippen LogP contribution in [-0.2, 0) is 10.0 Å². The fourth-order valence-electron chi connectivity index (χ4n) is 1.80. The van der Waals surface area contributed by atoms with Crippen molar-refractivity contribution in [1.29, 1.82) is 0 Å². The van der Waals surface area contributed by atoms with Gasteiger partial charge in [0, 0.05) is 10.9 Å². The number of primary sulfonamides is 1. The molecule has 1 heterocycles. The zero-order valence-electron chi connectivity index (χ0n) is 9.10. The third kappa shape index (κ3) is 1.72. The number of hydrogen-bond donors (Lipinski definition) is 1. The molecule has 0 bridgehead atoms. The first-order valence-electron chi connectivity index (χ1n) is 4.95. The van der Waals surface area contributed by atoms with E-state index in [-0.39, 0.29) is 11.0 Å². The summed E-state index contributed by atoms with van der Waals surface area (Å²) < 4.78 is 28.1. The Labute approximate surface area is 94.1 Å². The van der Waals surface area contributed by atoms with E-state index in [9.17, 15) is 8.42 Å². The molecule has 0 atom stereocenters. The van der Waals surface area contributed by atoms with Gasteiger partial charge in [-0.15, -0.1) is 0 Å². The Hall–Kier alpha value is -1.33. The van der Waals surface area contributed by atoms with Crippen LogP contribution in [0.5, 0.6) is 0 Å². The van der Waals surface area contributed by atoms with E-state index in [1.807, 2.05) is 26.0 Å². The van der Waals surface area contributed by atoms with Crippen LogP contribution >= 0.6 is 0 Å². The van der Waals surface area contributed by atoms with Crippen molar-refractivity contribution in [2.24, 2.45) is 5.14 Å². The van der Waals surface area contributed by atoms with Gasteiger partial charge in [-0.05, 0) is 12.0 Å². The summed E-state index contributed by atoms with van der Waals surface area (Å²) in [5, 5.41) is 5.82. The van der Waals surface area contributed by atoms with Gasteiger partial charge in [0.15, 0.2) is 0 Å². The zero-order chi connectivity index (χ0) is 11.9. The fraction of sp³-hybridized carbons (Fsp3) is 0.273. The highest BCUT2D eigenvalue weighted by Crippen LogP contribution is 2.33. The molecule has 0 radical (unpaired) electrons. The standard InChI is InChI=1S/C11H13NO3S/c1-7(2)10-8-5-3-4-6-9(8)15-11(10)16(12,13)14/h3-7H,1-2H3,(H2,12,13,14). The minimum absolute atomic E-state index is 0.0389. The zero-order valence-corrected chi connectivity index (χ0v) is 9.91. The predicted molar refractivity (Wildman–Crippen MR) is 61.7 cm³/mol.